The van der Waals surface area contributed by atoms with E-state index in [4.69, 9.17) is 4.74 Å². The molecule has 1 aromatic rings. The zero-order valence-corrected chi connectivity index (χ0v) is 8.19. The first-order valence-electron chi connectivity index (χ1n) is 4.79. The molecule has 0 N–H and O–H groups in total. The number of rotatable bonds is 1. The summed E-state index contributed by atoms with van der Waals surface area (Å²) in [5.74, 6) is 0. The van der Waals surface area contributed by atoms with E-state index in [1.54, 1.807) is 4.90 Å². The number of fused-ring (bicyclic) bond motifs is 1. The van der Waals surface area contributed by atoms with E-state index in [0.717, 1.165) is 0 Å². The van der Waals surface area contributed by atoms with Crippen molar-refractivity contribution in [2.24, 2.45) is 0 Å². The van der Waals surface area contributed by atoms with Crippen LogP contribution >= 0.6 is 0 Å². The second-order valence-electron chi connectivity index (χ2n) is 3.32. The molecule has 0 atom stereocenters. The van der Waals surface area contributed by atoms with E-state index in [-0.39, 0.29) is 6.09 Å². The van der Waals surface area contributed by atoms with Gasteiger partial charge < -0.3 is 4.74 Å². The third-order valence-corrected chi connectivity index (χ3v) is 2.37. The first-order chi connectivity index (χ1) is 6.81. The second kappa shape index (κ2) is 3.70. The molecule has 1 aliphatic heterocycles. The maximum absolute atomic E-state index is 11.4. The van der Waals surface area contributed by atoms with Gasteiger partial charge in [0.25, 0.3) is 0 Å². The lowest BCUT2D eigenvalue weighted by molar-refractivity contribution is 0.106. The zero-order chi connectivity index (χ0) is 9.97. The molecule has 74 valence electrons. The predicted octanol–water partition coefficient (Wildman–Crippen LogP) is 2.16. The number of carbonyl (C=O) groups excluding carboxylic acids is 1. The number of hydrogen-bond acceptors (Lipinski definition) is 2. The molecule has 3 heteroatoms. The topological polar surface area (TPSA) is 29.5 Å². The molecule has 0 aromatic heterocycles. The van der Waals surface area contributed by atoms with Crippen LogP contribution in [0.15, 0.2) is 24.3 Å². The molecule has 0 spiro atoms. The molecular formula is C11H13NO2. The van der Waals surface area contributed by atoms with Crippen LogP contribution in [0.1, 0.15) is 18.1 Å². The average Bonchev–Trinajstić information content (AvgIpc) is 2.61. The Morgan fingerprint density at radius 1 is 1.36 bits per heavy atom. The maximum atomic E-state index is 11.4. The van der Waals surface area contributed by atoms with Crippen LogP contribution in [0.2, 0.25) is 0 Å². The lowest BCUT2D eigenvalue weighted by Crippen LogP contribution is -2.25. The van der Waals surface area contributed by atoms with Crippen LogP contribution in [0.3, 0.4) is 0 Å². The Morgan fingerprint density at radius 3 is 2.43 bits per heavy atom. The maximum Gasteiger partial charge on any atom is 0.410 e. The molecule has 0 radical (unpaired) electrons. The average molecular weight is 191 g/mol. The summed E-state index contributed by atoms with van der Waals surface area (Å²) >= 11 is 0. The standard InChI is InChI=1S/C11H13NO2/c1-2-14-11(13)12-7-9-5-3-4-6-10(9)8-12/h3-6H,2,7-8H2,1H3. The highest BCUT2D eigenvalue weighted by atomic mass is 16.6. The van der Waals surface area contributed by atoms with Gasteiger partial charge in [-0.05, 0) is 18.1 Å². The monoisotopic (exact) mass is 191 g/mol. The molecule has 1 aromatic carbocycles. The summed E-state index contributed by atoms with van der Waals surface area (Å²) in [6.07, 6.45) is -0.219. The summed E-state index contributed by atoms with van der Waals surface area (Å²) < 4.78 is 4.94. The van der Waals surface area contributed by atoms with Crippen LogP contribution in [0, 0.1) is 0 Å². The van der Waals surface area contributed by atoms with Crippen LogP contribution in [0.4, 0.5) is 4.79 Å². The van der Waals surface area contributed by atoms with E-state index in [2.05, 4.69) is 12.1 Å². The number of nitrogens with zero attached hydrogens (tertiary/aromatic N) is 1. The fourth-order valence-electron chi connectivity index (χ4n) is 1.68. The van der Waals surface area contributed by atoms with Crippen molar-refractivity contribution in [2.45, 2.75) is 20.0 Å². The fourth-order valence-corrected chi connectivity index (χ4v) is 1.68. The normalized spacial score (nSPS) is 13.9. The number of ether oxygens (including phenoxy) is 1. The zero-order valence-electron chi connectivity index (χ0n) is 8.19. The quantitative estimate of drug-likeness (QED) is 0.680. The number of carbonyl (C=O) groups is 1. The van der Waals surface area contributed by atoms with Crippen molar-refractivity contribution in [2.75, 3.05) is 6.61 Å². The van der Waals surface area contributed by atoms with E-state index < -0.39 is 0 Å². The summed E-state index contributed by atoms with van der Waals surface area (Å²) in [4.78, 5) is 13.1. The van der Waals surface area contributed by atoms with E-state index in [1.807, 2.05) is 19.1 Å². The largest absolute Gasteiger partial charge is 0.450 e. The Bertz CT molecular complexity index is 324. The summed E-state index contributed by atoms with van der Waals surface area (Å²) in [7, 11) is 0. The molecule has 0 aliphatic carbocycles. The van der Waals surface area contributed by atoms with Gasteiger partial charge in [0, 0.05) is 13.1 Å². The summed E-state index contributed by atoms with van der Waals surface area (Å²) in [5, 5.41) is 0. The summed E-state index contributed by atoms with van der Waals surface area (Å²) in [6.45, 7) is 3.61. The van der Waals surface area contributed by atoms with Gasteiger partial charge in [-0.3, -0.25) is 4.90 Å². The van der Waals surface area contributed by atoms with Gasteiger partial charge in [-0.15, -0.1) is 0 Å². The van der Waals surface area contributed by atoms with Crippen LogP contribution in [-0.4, -0.2) is 17.6 Å². The Kier molecular flexibility index (Phi) is 2.39. The van der Waals surface area contributed by atoms with E-state index in [1.165, 1.54) is 11.1 Å². The molecule has 0 fully saturated rings. The first-order valence-corrected chi connectivity index (χ1v) is 4.79. The molecule has 0 saturated carbocycles. The number of amides is 1. The molecule has 14 heavy (non-hydrogen) atoms. The molecule has 0 bridgehead atoms. The highest BCUT2D eigenvalue weighted by molar-refractivity contribution is 5.68. The number of benzene rings is 1. The smallest absolute Gasteiger partial charge is 0.410 e. The highest BCUT2D eigenvalue weighted by Crippen LogP contribution is 2.22. The third kappa shape index (κ3) is 1.58. The van der Waals surface area contributed by atoms with Gasteiger partial charge >= 0.3 is 6.09 Å². The van der Waals surface area contributed by atoms with Crippen molar-refractivity contribution in [1.29, 1.82) is 0 Å². The lowest BCUT2D eigenvalue weighted by atomic mass is 10.1. The Labute approximate surface area is 83.3 Å². The van der Waals surface area contributed by atoms with Gasteiger partial charge in [0.05, 0.1) is 6.61 Å². The van der Waals surface area contributed by atoms with Crippen molar-refractivity contribution >= 4 is 6.09 Å². The van der Waals surface area contributed by atoms with Gasteiger partial charge in [-0.2, -0.15) is 0 Å². The Balaban J connectivity index is 2.08. The highest BCUT2D eigenvalue weighted by Gasteiger charge is 2.23. The number of hydrogen-bond donors (Lipinski definition) is 0. The lowest BCUT2D eigenvalue weighted by Gasteiger charge is -2.13. The van der Waals surface area contributed by atoms with Crippen LogP contribution in [0.25, 0.3) is 0 Å². The SMILES string of the molecule is CCOC(=O)N1Cc2ccccc2C1. The third-order valence-electron chi connectivity index (χ3n) is 2.37. The van der Waals surface area contributed by atoms with Gasteiger partial charge in [0.15, 0.2) is 0 Å². The Morgan fingerprint density at radius 2 is 1.93 bits per heavy atom. The minimum absolute atomic E-state index is 0.219. The fraction of sp³-hybridized carbons (Fsp3) is 0.364. The molecule has 1 heterocycles. The summed E-state index contributed by atoms with van der Waals surface area (Å²) in [6, 6.07) is 8.09. The van der Waals surface area contributed by atoms with Crippen molar-refractivity contribution in [3.05, 3.63) is 35.4 Å². The Hall–Kier alpha value is -1.51. The minimum atomic E-state index is -0.219. The molecule has 3 nitrogen and oxygen atoms in total. The van der Waals surface area contributed by atoms with E-state index in [0.29, 0.717) is 19.7 Å². The van der Waals surface area contributed by atoms with Gasteiger partial charge in [-0.1, -0.05) is 24.3 Å². The molecule has 0 saturated heterocycles. The molecule has 2 rings (SSSR count). The minimum Gasteiger partial charge on any atom is -0.450 e. The summed E-state index contributed by atoms with van der Waals surface area (Å²) in [5.41, 5.74) is 2.45. The van der Waals surface area contributed by atoms with Gasteiger partial charge in [0.1, 0.15) is 0 Å². The molecule has 0 unspecified atom stereocenters. The van der Waals surface area contributed by atoms with Crippen molar-refractivity contribution in [3.63, 3.8) is 0 Å². The van der Waals surface area contributed by atoms with Crippen LogP contribution in [0.5, 0.6) is 0 Å². The second-order valence-corrected chi connectivity index (χ2v) is 3.32. The molecule has 1 aliphatic rings. The van der Waals surface area contributed by atoms with E-state index in [9.17, 15) is 4.79 Å². The van der Waals surface area contributed by atoms with Crippen molar-refractivity contribution in [1.82, 2.24) is 4.90 Å². The first kappa shape index (κ1) is 9.06. The van der Waals surface area contributed by atoms with Gasteiger partial charge in [-0.25, -0.2) is 4.79 Å². The molecular weight excluding hydrogens is 178 g/mol. The molecule has 1 amide bonds. The van der Waals surface area contributed by atoms with Crippen molar-refractivity contribution in [3.8, 4) is 0 Å². The predicted molar refractivity (Wildman–Crippen MR) is 52.7 cm³/mol. The van der Waals surface area contributed by atoms with Crippen LogP contribution < -0.4 is 0 Å². The van der Waals surface area contributed by atoms with Crippen LogP contribution in [-0.2, 0) is 17.8 Å². The van der Waals surface area contributed by atoms with E-state index >= 15 is 0 Å². The van der Waals surface area contributed by atoms with Crippen molar-refractivity contribution < 1.29 is 9.53 Å². The van der Waals surface area contributed by atoms with Gasteiger partial charge in [0.2, 0.25) is 0 Å².